The zero-order chi connectivity index (χ0) is 17.5. The van der Waals surface area contributed by atoms with E-state index in [-0.39, 0.29) is 17.3 Å². The SMILES string of the molecule is C[C@@H](c1ccc(Br)cc1)N1CCOC12CCC1(CCCC(=O)O1)CC2. The monoisotopic (exact) mass is 407 g/mol. The van der Waals surface area contributed by atoms with Crippen molar-refractivity contribution in [2.75, 3.05) is 13.2 Å². The molecule has 4 nitrogen and oxygen atoms in total. The molecule has 0 aromatic heterocycles. The second-order valence-corrected chi connectivity index (χ2v) is 8.64. The number of rotatable bonds is 2. The van der Waals surface area contributed by atoms with Crippen LogP contribution in [0.3, 0.4) is 0 Å². The van der Waals surface area contributed by atoms with Gasteiger partial charge < -0.3 is 9.47 Å². The van der Waals surface area contributed by atoms with E-state index in [2.05, 4.69) is 52.0 Å². The van der Waals surface area contributed by atoms with Crippen molar-refractivity contribution in [2.45, 2.75) is 69.2 Å². The van der Waals surface area contributed by atoms with Crippen molar-refractivity contribution in [2.24, 2.45) is 0 Å². The average molecular weight is 408 g/mol. The fourth-order valence-corrected chi connectivity index (χ4v) is 5.13. The Labute approximate surface area is 158 Å². The van der Waals surface area contributed by atoms with Gasteiger partial charge in [-0.2, -0.15) is 0 Å². The third-order valence-electron chi connectivity index (χ3n) is 6.33. The average Bonchev–Trinajstić information content (AvgIpc) is 3.02. The summed E-state index contributed by atoms with van der Waals surface area (Å²) in [6.45, 7) is 4.02. The number of benzene rings is 1. The van der Waals surface area contributed by atoms with E-state index in [1.807, 2.05) is 0 Å². The lowest BCUT2D eigenvalue weighted by atomic mass is 9.75. The zero-order valence-electron chi connectivity index (χ0n) is 14.8. The summed E-state index contributed by atoms with van der Waals surface area (Å²) in [6, 6.07) is 8.90. The molecule has 0 bridgehead atoms. The maximum atomic E-state index is 11.8. The number of nitrogens with zero attached hydrogens (tertiary/aromatic N) is 1. The molecule has 1 aromatic carbocycles. The quantitative estimate of drug-likeness (QED) is 0.672. The minimum Gasteiger partial charge on any atom is -0.459 e. The highest BCUT2D eigenvalue weighted by Crippen LogP contribution is 2.48. The van der Waals surface area contributed by atoms with E-state index in [4.69, 9.17) is 9.47 Å². The molecule has 3 fully saturated rings. The molecular weight excluding hydrogens is 382 g/mol. The van der Waals surface area contributed by atoms with Crippen molar-refractivity contribution < 1.29 is 14.3 Å². The molecule has 2 heterocycles. The van der Waals surface area contributed by atoms with Crippen LogP contribution >= 0.6 is 15.9 Å². The van der Waals surface area contributed by atoms with Crippen LogP contribution in [-0.4, -0.2) is 35.3 Å². The van der Waals surface area contributed by atoms with E-state index in [1.54, 1.807) is 0 Å². The molecule has 0 amide bonds. The topological polar surface area (TPSA) is 38.8 Å². The second-order valence-electron chi connectivity index (χ2n) is 7.73. The van der Waals surface area contributed by atoms with Crippen LogP contribution < -0.4 is 0 Å². The smallest absolute Gasteiger partial charge is 0.306 e. The molecule has 2 saturated heterocycles. The Morgan fingerprint density at radius 1 is 1.12 bits per heavy atom. The van der Waals surface area contributed by atoms with Crippen LogP contribution in [0, 0.1) is 0 Å². The summed E-state index contributed by atoms with van der Waals surface area (Å²) in [4.78, 5) is 14.3. The minimum atomic E-state index is -0.223. The van der Waals surface area contributed by atoms with E-state index >= 15 is 0 Å². The van der Waals surface area contributed by atoms with Gasteiger partial charge >= 0.3 is 5.97 Å². The highest BCUT2D eigenvalue weighted by atomic mass is 79.9. The lowest BCUT2D eigenvalue weighted by Crippen LogP contribution is -2.53. The number of esters is 1. The van der Waals surface area contributed by atoms with Crippen molar-refractivity contribution in [1.82, 2.24) is 4.90 Å². The van der Waals surface area contributed by atoms with E-state index in [1.165, 1.54) is 5.56 Å². The summed E-state index contributed by atoms with van der Waals surface area (Å²) in [6.07, 6.45) is 6.28. The van der Waals surface area contributed by atoms with Gasteiger partial charge in [0, 0.05) is 23.5 Å². The summed E-state index contributed by atoms with van der Waals surface area (Å²) in [7, 11) is 0. The molecule has 1 aliphatic carbocycles. The first kappa shape index (κ1) is 17.5. The molecule has 2 aliphatic heterocycles. The maximum Gasteiger partial charge on any atom is 0.306 e. The van der Waals surface area contributed by atoms with E-state index in [9.17, 15) is 4.79 Å². The van der Waals surface area contributed by atoms with E-state index < -0.39 is 0 Å². The van der Waals surface area contributed by atoms with E-state index in [0.717, 1.165) is 56.1 Å². The molecular formula is C20H26BrNO3. The number of ether oxygens (including phenoxy) is 2. The predicted octanol–water partition coefficient (Wildman–Crippen LogP) is 4.58. The van der Waals surface area contributed by atoms with Crippen molar-refractivity contribution in [3.8, 4) is 0 Å². The van der Waals surface area contributed by atoms with Gasteiger partial charge in [-0.05, 0) is 63.1 Å². The lowest BCUT2D eigenvalue weighted by molar-refractivity contribution is -0.193. The van der Waals surface area contributed by atoms with Crippen LogP contribution in [0.5, 0.6) is 0 Å². The van der Waals surface area contributed by atoms with Gasteiger partial charge in [-0.1, -0.05) is 28.1 Å². The van der Waals surface area contributed by atoms with Gasteiger partial charge in [-0.15, -0.1) is 0 Å². The summed E-state index contributed by atoms with van der Waals surface area (Å²) in [5, 5.41) is 0. The fraction of sp³-hybridized carbons (Fsp3) is 0.650. The van der Waals surface area contributed by atoms with Gasteiger partial charge in [0.25, 0.3) is 0 Å². The Hall–Kier alpha value is -0.910. The van der Waals surface area contributed by atoms with Crippen LogP contribution in [0.15, 0.2) is 28.7 Å². The first-order chi connectivity index (χ1) is 12.0. The molecule has 0 unspecified atom stereocenters. The Morgan fingerprint density at radius 2 is 1.84 bits per heavy atom. The number of hydrogen-bond acceptors (Lipinski definition) is 4. The van der Waals surface area contributed by atoms with Crippen molar-refractivity contribution in [3.05, 3.63) is 34.3 Å². The predicted molar refractivity (Wildman–Crippen MR) is 99.1 cm³/mol. The van der Waals surface area contributed by atoms with Gasteiger partial charge in [0.2, 0.25) is 0 Å². The fourth-order valence-electron chi connectivity index (χ4n) is 4.87. The number of carbonyl (C=O) groups is 1. The van der Waals surface area contributed by atoms with Crippen LogP contribution in [-0.2, 0) is 14.3 Å². The van der Waals surface area contributed by atoms with Crippen molar-refractivity contribution in [3.63, 3.8) is 0 Å². The normalized spacial score (nSPS) is 34.4. The highest BCUT2D eigenvalue weighted by Gasteiger charge is 2.52. The van der Waals surface area contributed by atoms with Gasteiger partial charge in [0.15, 0.2) is 0 Å². The summed E-state index contributed by atoms with van der Waals surface area (Å²) < 4.78 is 13.2. The summed E-state index contributed by atoms with van der Waals surface area (Å²) in [5.74, 6) is -0.0189. The summed E-state index contributed by atoms with van der Waals surface area (Å²) >= 11 is 3.51. The van der Waals surface area contributed by atoms with Gasteiger partial charge in [-0.3, -0.25) is 9.69 Å². The Morgan fingerprint density at radius 3 is 2.52 bits per heavy atom. The van der Waals surface area contributed by atoms with E-state index in [0.29, 0.717) is 12.5 Å². The van der Waals surface area contributed by atoms with Crippen LogP contribution in [0.1, 0.15) is 63.5 Å². The molecule has 136 valence electrons. The first-order valence-electron chi connectivity index (χ1n) is 9.40. The molecule has 3 aliphatic rings. The number of carbonyl (C=O) groups excluding carboxylic acids is 1. The molecule has 5 heteroatoms. The van der Waals surface area contributed by atoms with Crippen molar-refractivity contribution in [1.29, 1.82) is 0 Å². The van der Waals surface area contributed by atoms with Crippen molar-refractivity contribution >= 4 is 21.9 Å². The van der Waals surface area contributed by atoms with Crippen LogP contribution in [0.4, 0.5) is 0 Å². The van der Waals surface area contributed by atoms with Gasteiger partial charge in [0.05, 0.1) is 6.61 Å². The zero-order valence-corrected chi connectivity index (χ0v) is 16.4. The third-order valence-corrected chi connectivity index (χ3v) is 6.86. The molecule has 25 heavy (non-hydrogen) atoms. The Balaban J connectivity index is 1.50. The van der Waals surface area contributed by atoms with Gasteiger partial charge in [-0.25, -0.2) is 0 Å². The summed E-state index contributed by atoms with van der Waals surface area (Å²) in [5.41, 5.74) is 0.901. The van der Waals surface area contributed by atoms with Crippen LogP contribution in [0.2, 0.25) is 0 Å². The highest BCUT2D eigenvalue weighted by molar-refractivity contribution is 9.10. The molecule has 1 aromatic rings. The maximum absolute atomic E-state index is 11.8. The Bertz CT molecular complexity index is 637. The first-order valence-corrected chi connectivity index (χ1v) is 10.2. The Kier molecular flexibility index (Phi) is 4.67. The molecule has 2 spiro atoms. The molecule has 4 rings (SSSR count). The number of halogens is 1. The molecule has 0 radical (unpaired) electrons. The van der Waals surface area contributed by atoms with Gasteiger partial charge in [0.1, 0.15) is 11.3 Å². The molecule has 1 atom stereocenters. The second kappa shape index (κ2) is 6.67. The largest absolute Gasteiger partial charge is 0.459 e. The minimum absolute atomic E-state index is 0.0189. The molecule has 1 saturated carbocycles. The van der Waals surface area contributed by atoms with Crippen LogP contribution in [0.25, 0.3) is 0 Å². The number of hydrogen-bond donors (Lipinski definition) is 0. The third kappa shape index (κ3) is 3.26. The molecule has 0 N–H and O–H groups in total. The standard InChI is InChI=1S/C20H26BrNO3/c1-15(16-4-6-17(21)7-5-16)22-13-14-24-20(22)11-9-19(10-12-20)8-2-3-18(23)25-19/h4-7,15H,2-3,8-14H2,1H3/t15-,19?,20?/m0/s1. The lowest BCUT2D eigenvalue weighted by Gasteiger charge is -2.49.